The zero-order valence-corrected chi connectivity index (χ0v) is 13.9. The third-order valence-electron chi connectivity index (χ3n) is 3.71. The highest BCUT2D eigenvalue weighted by molar-refractivity contribution is 5.50. The smallest absolute Gasteiger partial charge is 0.241 e. The Balaban J connectivity index is 2.06. The van der Waals surface area contributed by atoms with Gasteiger partial charge in [-0.2, -0.15) is 0 Å². The summed E-state index contributed by atoms with van der Waals surface area (Å²) in [6.07, 6.45) is 3.85. The molecule has 0 spiro atoms. The van der Waals surface area contributed by atoms with E-state index in [1.165, 1.54) is 0 Å². The fourth-order valence-corrected chi connectivity index (χ4v) is 2.24. The summed E-state index contributed by atoms with van der Waals surface area (Å²) in [4.78, 5) is 0. The molecule has 2 aromatic rings. The molecule has 0 bridgehead atoms. The molecule has 0 fully saturated rings. The topological polar surface area (TPSA) is 70.5 Å². The molecule has 23 heavy (non-hydrogen) atoms. The maximum atomic E-state index is 6.00. The van der Waals surface area contributed by atoms with Gasteiger partial charge in [0.05, 0.1) is 0 Å². The molecular weight excluding hydrogens is 288 g/mol. The van der Waals surface area contributed by atoms with E-state index in [0.717, 1.165) is 48.4 Å². The molecule has 0 saturated carbocycles. The monoisotopic (exact) mass is 314 g/mol. The van der Waals surface area contributed by atoms with E-state index in [1.54, 1.807) is 0 Å². The van der Waals surface area contributed by atoms with Gasteiger partial charge in [0.1, 0.15) is 11.5 Å². The maximum absolute atomic E-state index is 6.00. The summed E-state index contributed by atoms with van der Waals surface area (Å²) in [6.45, 7) is 4.15. The quantitative estimate of drug-likeness (QED) is 0.427. The molecule has 0 aliphatic heterocycles. The van der Waals surface area contributed by atoms with Crippen molar-refractivity contribution in [2.75, 3.05) is 11.5 Å². The van der Waals surface area contributed by atoms with Gasteiger partial charge >= 0.3 is 0 Å². The average Bonchev–Trinajstić information content (AvgIpc) is 2.53. The van der Waals surface area contributed by atoms with Crippen LogP contribution in [-0.2, 0) is 0 Å². The van der Waals surface area contributed by atoms with E-state index >= 15 is 0 Å². The Bertz CT molecular complexity index is 611. The molecule has 0 amide bonds. The molecule has 0 aliphatic rings. The third-order valence-corrected chi connectivity index (χ3v) is 3.71. The first-order valence-corrected chi connectivity index (χ1v) is 8.13. The summed E-state index contributed by atoms with van der Waals surface area (Å²) in [5, 5.41) is 0. The van der Waals surface area contributed by atoms with Crippen molar-refractivity contribution in [2.24, 2.45) is 0 Å². The van der Waals surface area contributed by atoms with Crippen LogP contribution in [0.5, 0.6) is 11.5 Å². The Labute approximate surface area is 138 Å². The van der Waals surface area contributed by atoms with E-state index in [4.69, 9.17) is 20.9 Å². The highest BCUT2D eigenvalue weighted by Gasteiger charge is 2.13. The largest absolute Gasteiger partial charge is 0.455 e. The van der Waals surface area contributed by atoms with Crippen LogP contribution in [0.3, 0.4) is 0 Å². The van der Waals surface area contributed by atoms with Crippen molar-refractivity contribution >= 4 is 11.4 Å². The van der Waals surface area contributed by atoms with Crippen molar-refractivity contribution in [1.29, 1.82) is 0 Å². The van der Waals surface area contributed by atoms with Crippen LogP contribution in [0.15, 0.2) is 42.5 Å². The normalized spacial score (nSPS) is 11.9. The standard InChI is InChI=1S/C19H26N2O2/c1-3-4-5-6-19(22-16-11-8-15(20)9-12-16)23-17-10-7-14(2)18(21)13-17/h7-13,19H,3-6,20-21H2,1-2H3. The molecule has 0 saturated heterocycles. The van der Waals surface area contributed by atoms with E-state index in [2.05, 4.69) is 6.92 Å². The third kappa shape index (κ3) is 5.40. The zero-order chi connectivity index (χ0) is 16.7. The maximum Gasteiger partial charge on any atom is 0.241 e. The first-order valence-electron chi connectivity index (χ1n) is 8.13. The van der Waals surface area contributed by atoms with Crippen LogP contribution in [0.25, 0.3) is 0 Å². The van der Waals surface area contributed by atoms with Gasteiger partial charge in [-0.15, -0.1) is 0 Å². The lowest BCUT2D eigenvalue weighted by atomic mass is 10.2. The van der Waals surface area contributed by atoms with Crippen molar-refractivity contribution < 1.29 is 9.47 Å². The minimum atomic E-state index is -0.340. The number of rotatable bonds is 8. The van der Waals surface area contributed by atoms with Crippen LogP contribution < -0.4 is 20.9 Å². The second kappa shape index (κ2) is 8.32. The minimum absolute atomic E-state index is 0.340. The SMILES string of the molecule is CCCCCC(Oc1ccc(N)cc1)Oc1ccc(C)c(N)c1. The molecular formula is C19H26N2O2. The van der Waals surface area contributed by atoms with Gasteiger partial charge in [-0.05, 0) is 49.2 Å². The molecule has 0 aliphatic carbocycles. The number of ether oxygens (including phenoxy) is 2. The van der Waals surface area contributed by atoms with Gasteiger partial charge in [0, 0.05) is 23.9 Å². The van der Waals surface area contributed by atoms with Crippen LogP contribution in [0.4, 0.5) is 11.4 Å². The van der Waals surface area contributed by atoms with Crippen LogP contribution in [-0.4, -0.2) is 6.29 Å². The fourth-order valence-electron chi connectivity index (χ4n) is 2.24. The predicted octanol–water partition coefficient (Wildman–Crippen LogP) is 4.52. The van der Waals surface area contributed by atoms with E-state index in [-0.39, 0.29) is 6.29 Å². The Morgan fingerprint density at radius 1 is 0.913 bits per heavy atom. The number of hydrogen-bond acceptors (Lipinski definition) is 4. The molecule has 2 rings (SSSR count). The highest BCUT2D eigenvalue weighted by atomic mass is 16.7. The molecule has 124 valence electrons. The molecule has 4 heteroatoms. The molecule has 0 radical (unpaired) electrons. The number of unbranched alkanes of at least 4 members (excludes halogenated alkanes) is 2. The molecule has 0 heterocycles. The van der Waals surface area contributed by atoms with E-state index in [9.17, 15) is 0 Å². The minimum Gasteiger partial charge on any atom is -0.455 e. The Morgan fingerprint density at radius 3 is 2.22 bits per heavy atom. The van der Waals surface area contributed by atoms with Crippen molar-refractivity contribution in [1.82, 2.24) is 0 Å². The van der Waals surface area contributed by atoms with Crippen molar-refractivity contribution in [2.45, 2.75) is 45.8 Å². The van der Waals surface area contributed by atoms with Crippen LogP contribution >= 0.6 is 0 Å². The number of nitrogen functional groups attached to an aromatic ring is 2. The summed E-state index contributed by atoms with van der Waals surface area (Å²) in [5.41, 5.74) is 14.1. The number of nitrogens with two attached hydrogens (primary N) is 2. The second-order valence-electron chi connectivity index (χ2n) is 5.75. The second-order valence-corrected chi connectivity index (χ2v) is 5.75. The van der Waals surface area contributed by atoms with Gasteiger partial charge in [0.15, 0.2) is 0 Å². The number of anilines is 2. The van der Waals surface area contributed by atoms with E-state index in [1.807, 2.05) is 49.4 Å². The summed E-state index contributed by atoms with van der Waals surface area (Å²) < 4.78 is 12.0. The Morgan fingerprint density at radius 2 is 1.57 bits per heavy atom. The van der Waals surface area contributed by atoms with Gasteiger partial charge in [0.25, 0.3) is 0 Å². The Hall–Kier alpha value is -2.36. The van der Waals surface area contributed by atoms with Gasteiger partial charge in [-0.3, -0.25) is 0 Å². The van der Waals surface area contributed by atoms with Crippen molar-refractivity contribution in [3.8, 4) is 11.5 Å². The summed E-state index contributed by atoms with van der Waals surface area (Å²) in [7, 11) is 0. The average molecular weight is 314 g/mol. The first-order chi connectivity index (χ1) is 11.1. The Kier molecular flexibility index (Phi) is 6.15. The summed E-state index contributed by atoms with van der Waals surface area (Å²) >= 11 is 0. The summed E-state index contributed by atoms with van der Waals surface area (Å²) in [6, 6.07) is 13.1. The first kappa shape index (κ1) is 17.0. The molecule has 1 atom stereocenters. The lowest BCUT2D eigenvalue weighted by Crippen LogP contribution is -2.24. The van der Waals surface area contributed by atoms with Gasteiger partial charge in [0.2, 0.25) is 6.29 Å². The fraction of sp³-hybridized carbons (Fsp3) is 0.368. The lowest BCUT2D eigenvalue weighted by Gasteiger charge is -2.21. The highest BCUT2D eigenvalue weighted by Crippen LogP contribution is 2.23. The van der Waals surface area contributed by atoms with E-state index in [0.29, 0.717) is 5.69 Å². The number of hydrogen-bond donors (Lipinski definition) is 2. The van der Waals surface area contributed by atoms with Crippen LogP contribution in [0, 0.1) is 6.92 Å². The van der Waals surface area contributed by atoms with Crippen molar-refractivity contribution in [3.63, 3.8) is 0 Å². The van der Waals surface area contributed by atoms with Crippen LogP contribution in [0.1, 0.15) is 38.2 Å². The van der Waals surface area contributed by atoms with Crippen LogP contribution in [0.2, 0.25) is 0 Å². The van der Waals surface area contributed by atoms with Gasteiger partial charge < -0.3 is 20.9 Å². The number of benzene rings is 2. The molecule has 4 N–H and O–H groups in total. The molecule has 0 aromatic heterocycles. The van der Waals surface area contributed by atoms with E-state index < -0.39 is 0 Å². The van der Waals surface area contributed by atoms with Crippen molar-refractivity contribution in [3.05, 3.63) is 48.0 Å². The number of aryl methyl sites for hydroxylation is 1. The molecule has 2 aromatic carbocycles. The predicted molar refractivity (Wildman–Crippen MR) is 95.6 cm³/mol. The lowest BCUT2D eigenvalue weighted by molar-refractivity contribution is -0.00232. The van der Waals surface area contributed by atoms with Gasteiger partial charge in [-0.25, -0.2) is 0 Å². The molecule has 4 nitrogen and oxygen atoms in total. The van der Waals surface area contributed by atoms with Gasteiger partial charge in [-0.1, -0.05) is 25.8 Å². The summed E-state index contributed by atoms with van der Waals surface area (Å²) in [5.74, 6) is 1.48. The zero-order valence-electron chi connectivity index (χ0n) is 13.9. The molecule has 1 unspecified atom stereocenters.